The lowest BCUT2D eigenvalue weighted by Crippen LogP contribution is -2.48. The van der Waals surface area contributed by atoms with Crippen LogP contribution in [0.25, 0.3) is 11.8 Å². The maximum atomic E-state index is 12.8. The molecule has 4 rings (SSSR count). The molecule has 1 aliphatic heterocycles. The van der Waals surface area contributed by atoms with Crippen molar-refractivity contribution in [3.05, 3.63) is 89.3 Å². The largest absolute Gasteiger partial charge is 0.368 e. The van der Waals surface area contributed by atoms with Crippen LogP contribution < -0.4 is 4.90 Å². The molecule has 0 atom stereocenters. The lowest BCUT2D eigenvalue weighted by atomic mass is 10.1. The zero-order valence-corrected chi connectivity index (χ0v) is 18.9. The van der Waals surface area contributed by atoms with Gasteiger partial charge in [0.2, 0.25) is 5.91 Å². The number of carbonyl (C=O) groups is 2. The molecule has 3 aromatic rings. The number of rotatable bonds is 5. The van der Waals surface area contributed by atoms with E-state index in [0.29, 0.717) is 13.1 Å². The molecule has 0 bridgehead atoms. The van der Waals surface area contributed by atoms with Crippen LogP contribution in [0.3, 0.4) is 0 Å². The first kappa shape index (κ1) is 21.6. The molecular formula is C27H29N3O2. The van der Waals surface area contributed by atoms with Gasteiger partial charge in [-0.05, 0) is 74.9 Å². The predicted molar refractivity (Wildman–Crippen MR) is 130 cm³/mol. The summed E-state index contributed by atoms with van der Waals surface area (Å²) >= 11 is 0. The SMILES string of the molecule is CC(=O)c1ccc(N2CCN(C(=O)/C=C/c3cc(C)n(-c4ccccc4)c3C)CC2)cc1. The van der Waals surface area contributed by atoms with Crippen LogP contribution >= 0.6 is 0 Å². The fourth-order valence-corrected chi connectivity index (χ4v) is 4.29. The van der Waals surface area contributed by atoms with Gasteiger partial charge in [-0.1, -0.05) is 18.2 Å². The third kappa shape index (κ3) is 4.52. The highest BCUT2D eigenvalue weighted by Crippen LogP contribution is 2.22. The van der Waals surface area contributed by atoms with Crippen LogP contribution in [0.2, 0.25) is 0 Å². The number of carbonyl (C=O) groups excluding carboxylic acids is 2. The molecule has 1 aromatic heterocycles. The minimum Gasteiger partial charge on any atom is -0.368 e. The highest BCUT2D eigenvalue weighted by Gasteiger charge is 2.20. The van der Waals surface area contributed by atoms with Crippen LogP contribution in [-0.4, -0.2) is 47.3 Å². The number of benzene rings is 2. The lowest BCUT2D eigenvalue weighted by Gasteiger charge is -2.35. The average molecular weight is 428 g/mol. The zero-order valence-electron chi connectivity index (χ0n) is 18.9. The topological polar surface area (TPSA) is 45.6 Å². The predicted octanol–water partition coefficient (Wildman–Crippen LogP) is 4.66. The third-order valence-electron chi connectivity index (χ3n) is 6.12. The molecule has 5 heteroatoms. The Bertz CT molecular complexity index is 1140. The number of Topliss-reactive ketones (excluding diaryl/α,β-unsaturated/α-hetero) is 1. The summed E-state index contributed by atoms with van der Waals surface area (Å²) in [5.41, 5.74) is 6.26. The van der Waals surface area contributed by atoms with E-state index >= 15 is 0 Å². The van der Waals surface area contributed by atoms with E-state index in [2.05, 4.69) is 41.5 Å². The minimum atomic E-state index is 0.0427. The van der Waals surface area contributed by atoms with Crippen molar-refractivity contribution in [2.24, 2.45) is 0 Å². The number of hydrogen-bond donors (Lipinski definition) is 0. The number of piperazine rings is 1. The van der Waals surface area contributed by atoms with E-state index in [9.17, 15) is 9.59 Å². The Morgan fingerprint density at radius 1 is 0.844 bits per heavy atom. The molecule has 0 aliphatic carbocycles. The number of hydrogen-bond acceptors (Lipinski definition) is 3. The van der Waals surface area contributed by atoms with Crippen molar-refractivity contribution in [2.75, 3.05) is 31.1 Å². The number of ketones is 1. The number of aromatic nitrogens is 1. The summed E-state index contributed by atoms with van der Waals surface area (Å²) in [5.74, 6) is 0.115. The van der Waals surface area contributed by atoms with Gasteiger partial charge in [0.05, 0.1) is 0 Å². The first-order valence-corrected chi connectivity index (χ1v) is 11.0. The van der Waals surface area contributed by atoms with Crippen LogP contribution in [0.4, 0.5) is 5.69 Å². The van der Waals surface area contributed by atoms with Gasteiger partial charge < -0.3 is 14.4 Å². The lowest BCUT2D eigenvalue weighted by molar-refractivity contribution is -0.126. The van der Waals surface area contributed by atoms with Gasteiger partial charge in [0.25, 0.3) is 0 Å². The molecule has 1 saturated heterocycles. The summed E-state index contributed by atoms with van der Waals surface area (Å²) < 4.78 is 2.21. The van der Waals surface area contributed by atoms with E-state index < -0.39 is 0 Å². The smallest absolute Gasteiger partial charge is 0.246 e. The molecule has 2 heterocycles. The Kier molecular flexibility index (Phi) is 6.26. The zero-order chi connectivity index (χ0) is 22.7. The average Bonchev–Trinajstić information content (AvgIpc) is 3.11. The second-order valence-corrected chi connectivity index (χ2v) is 8.25. The molecule has 2 aromatic carbocycles. The summed E-state index contributed by atoms with van der Waals surface area (Å²) in [7, 11) is 0. The van der Waals surface area contributed by atoms with Gasteiger partial charge in [-0.15, -0.1) is 0 Å². The van der Waals surface area contributed by atoms with Crippen molar-refractivity contribution in [1.29, 1.82) is 0 Å². The fourth-order valence-electron chi connectivity index (χ4n) is 4.29. The Morgan fingerprint density at radius 3 is 2.12 bits per heavy atom. The fraction of sp³-hybridized carbons (Fsp3) is 0.259. The van der Waals surface area contributed by atoms with Gasteiger partial charge in [0.15, 0.2) is 5.78 Å². The van der Waals surface area contributed by atoms with Crippen LogP contribution in [-0.2, 0) is 4.79 Å². The standard InChI is InChI=1S/C27H29N3O2/c1-20-19-24(21(2)30(20)26-7-5-4-6-8-26)11-14-27(32)29-17-15-28(16-18-29)25-12-9-23(10-13-25)22(3)31/h4-14,19H,15-18H2,1-3H3/b14-11+. The third-order valence-corrected chi connectivity index (χ3v) is 6.12. The summed E-state index contributed by atoms with van der Waals surface area (Å²) in [6.45, 7) is 8.67. The molecule has 0 spiro atoms. The van der Waals surface area contributed by atoms with Gasteiger partial charge in [-0.25, -0.2) is 0 Å². The molecular weight excluding hydrogens is 398 g/mol. The number of aryl methyl sites for hydroxylation is 1. The molecule has 164 valence electrons. The van der Waals surface area contributed by atoms with E-state index in [1.54, 1.807) is 13.0 Å². The maximum absolute atomic E-state index is 12.8. The highest BCUT2D eigenvalue weighted by atomic mass is 16.2. The highest BCUT2D eigenvalue weighted by molar-refractivity contribution is 5.94. The second kappa shape index (κ2) is 9.27. The molecule has 0 saturated carbocycles. The Balaban J connectivity index is 1.39. The van der Waals surface area contributed by atoms with E-state index in [0.717, 1.165) is 47.0 Å². The summed E-state index contributed by atoms with van der Waals surface area (Å²) in [4.78, 5) is 28.4. The summed E-state index contributed by atoms with van der Waals surface area (Å²) in [5, 5.41) is 0. The van der Waals surface area contributed by atoms with Crippen LogP contribution in [0.1, 0.15) is 34.2 Å². The van der Waals surface area contributed by atoms with Crippen molar-refractivity contribution in [2.45, 2.75) is 20.8 Å². The Hall–Kier alpha value is -3.60. The first-order valence-electron chi connectivity index (χ1n) is 11.0. The summed E-state index contributed by atoms with van der Waals surface area (Å²) in [6, 6.07) is 20.1. The van der Waals surface area contributed by atoms with Crippen LogP contribution in [0, 0.1) is 13.8 Å². The quantitative estimate of drug-likeness (QED) is 0.440. The van der Waals surface area contributed by atoms with Gasteiger partial charge in [0, 0.05) is 60.6 Å². The molecule has 32 heavy (non-hydrogen) atoms. The minimum absolute atomic E-state index is 0.0427. The molecule has 1 fully saturated rings. The van der Waals surface area contributed by atoms with Gasteiger partial charge in [0.1, 0.15) is 0 Å². The van der Waals surface area contributed by atoms with Crippen LogP contribution in [0.5, 0.6) is 0 Å². The summed E-state index contributed by atoms with van der Waals surface area (Å²) in [6.07, 6.45) is 3.62. The van der Waals surface area contributed by atoms with E-state index in [1.807, 2.05) is 53.4 Å². The normalized spacial score (nSPS) is 14.2. The number of amides is 1. The van der Waals surface area contributed by atoms with Gasteiger partial charge in [-0.2, -0.15) is 0 Å². The Morgan fingerprint density at radius 2 is 1.50 bits per heavy atom. The van der Waals surface area contributed by atoms with Crippen LogP contribution in [0.15, 0.2) is 66.7 Å². The molecule has 0 radical (unpaired) electrons. The van der Waals surface area contributed by atoms with Crippen molar-refractivity contribution in [3.8, 4) is 5.69 Å². The monoisotopic (exact) mass is 427 g/mol. The number of para-hydroxylation sites is 1. The van der Waals surface area contributed by atoms with E-state index in [-0.39, 0.29) is 11.7 Å². The first-order chi connectivity index (χ1) is 15.4. The molecule has 1 amide bonds. The van der Waals surface area contributed by atoms with Crippen molar-refractivity contribution >= 4 is 23.5 Å². The molecule has 5 nitrogen and oxygen atoms in total. The molecule has 0 unspecified atom stereocenters. The second-order valence-electron chi connectivity index (χ2n) is 8.25. The molecule has 1 aliphatic rings. The van der Waals surface area contributed by atoms with Gasteiger partial charge in [-0.3, -0.25) is 9.59 Å². The number of nitrogens with zero attached hydrogens (tertiary/aromatic N) is 3. The van der Waals surface area contributed by atoms with E-state index in [4.69, 9.17) is 0 Å². The van der Waals surface area contributed by atoms with Crippen molar-refractivity contribution < 1.29 is 9.59 Å². The van der Waals surface area contributed by atoms with E-state index in [1.165, 1.54) is 0 Å². The van der Waals surface area contributed by atoms with Crippen molar-refractivity contribution in [1.82, 2.24) is 9.47 Å². The maximum Gasteiger partial charge on any atom is 0.246 e. The number of anilines is 1. The Labute approximate surface area is 189 Å². The van der Waals surface area contributed by atoms with Crippen molar-refractivity contribution in [3.63, 3.8) is 0 Å². The molecule has 0 N–H and O–H groups in total. The van der Waals surface area contributed by atoms with Gasteiger partial charge >= 0.3 is 0 Å².